The number of nitrogens with one attached hydrogen (secondary N) is 2. The number of anilines is 3. The Hall–Kier alpha value is -3.26. The highest BCUT2D eigenvalue weighted by Gasteiger charge is 2.42. The van der Waals surface area contributed by atoms with Gasteiger partial charge >= 0.3 is 0 Å². The Bertz CT molecular complexity index is 1500. The molecule has 0 spiro atoms. The van der Waals surface area contributed by atoms with Gasteiger partial charge in [0.2, 0.25) is 5.95 Å². The number of fused-ring (bicyclic) bond motifs is 2. The molecular weight excluding hydrogens is 528 g/mol. The second-order valence-electron chi connectivity index (χ2n) is 13.7. The van der Waals surface area contributed by atoms with E-state index in [2.05, 4.69) is 99.0 Å². The summed E-state index contributed by atoms with van der Waals surface area (Å²) in [6.45, 7) is 22.0. The van der Waals surface area contributed by atoms with Gasteiger partial charge in [-0.2, -0.15) is 10.4 Å². The monoisotopic (exact) mass is 572 g/mol. The average molecular weight is 573 g/mol. The molecule has 0 bridgehead atoms. The zero-order valence-electron chi connectivity index (χ0n) is 26.0. The lowest BCUT2D eigenvalue weighted by atomic mass is 9.83. The van der Waals surface area contributed by atoms with Gasteiger partial charge in [0.15, 0.2) is 14.1 Å². The Labute approximate surface area is 245 Å². The molecule has 9 nitrogen and oxygen atoms in total. The molecule has 2 N–H and O–H groups in total. The maximum Gasteiger partial charge on any atom is 0.228 e. The molecule has 0 fully saturated rings. The van der Waals surface area contributed by atoms with E-state index in [4.69, 9.17) is 14.5 Å². The summed E-state index contributed by atoms with van der Waals surface area (Å²) in [6.07, 6.45) is 1.76. The standard InChI is InChI=1S/C31H44N8OSi/c1-20(2)26-25-17-38(7)12-13-39(25)37-28(26)36-29-33-11-10-24(35-29)21-14-22(16-32)27-23(15-21)31(6,18-34-27)19-40-41(8,9)30(3,4)5/h10-11,14-15,20,34H,12-13,17-19H2,1-9H3,(H,33,35,36,37)/t31-/m1/s1. The van der Waals surface area contributed by atoms with Crippen LogP contribution in [0.15, 0.2) is 24.4 Å². The molecule has 218 valence electrons. The molecule has 0 saturated heterocycles. The molecule has 41 heavy (non-hydrogen) atoms. The molecule has 3 aromatic rings. The number of hydrogen-bond donors (Lipinski definition) is 2. The lowest BCUT2D eigenvalue weighted by Crippen LogP contribution is -2.45. The van der Waals surface area contributed by atoms with Gasteiger partial charge in [-0.05, 0) is 54.9 Å². The van der Waals surface area contributed by atoms with E-state index in [1.807, 2.05) is 12.1 Å². The van der Waals surface area contributed by atoms with Gasteiger partial charge in [-0.25, -0.2) is 9.97 Å². The lowest BCUT2D eigenvalue weighted by Gasteiger charge is -2.39. The van der Waals surface area contributed by atoms with E-state index in [9.17, 15) is 5.26 Å². The molecule has 0 aliphatic carbocycles. The first kappa shape index (κ1) is 29.2. The summed E-state index contributed by atoms with van der Waals surface area (Å²) in [6, 6.07) is 8.39. The molecule has 4 heterocycles. The van der Waals surface area contributed by atoms with Crippen LogP contribution in [0.4, 0.5) is 17.5 Å². The zero-order chi connectivity index (χ0) is 29.7. The van der Waals surface area contributed by atoms with Crippen LogP contribution in [0.2, 0.25) is 18.1 Å². The van der Waals surface area contributed by atoms with Crippen molar-refractivity contribution in [2.45, 2.75) is 84.1 Å². The van der Waals surface area contributed by atoms with Crippen molar-refractivity contribution in [3.63, 3.8) is 0 Å². The summed E-state index contributed by atoms with van der Waals surface area (Å²) in [4.78, 5) is 11.7. The van der Waals surface area contributed by atoms with Crippen molar-refractivity contribution in [2.75, 3.05) is 37.4 Å². The Morgan fingerprint density at radius 2 is 2.00 bits per heavy atom. The molecule has 1 aromatic carbocycles. The highest BCUT2D eigenvalue weighted by Crippen LogP contribution is 2.44. The number of rotatable bonds is 7. The molecule has 5 rings (SSSR count). The number of aromatic nitrogens is 4. The topological polar surface area (TPSA) is 104 Å². The van der Waals surface area contributed by atoms with Gasteiger partial charge in [-0.1, -0.05) is 41.5 Å². The minimum atomic E-state index is -1.94. The van der Waals surface area contributed by atoms with Crippen LogP contribution in [0.3, 0.4) is 0 Å². The first-order valence-corrected chi connectivity index (χ1v) is 17.5. The number of hydrogen-bond acceptors (Lipinski definition) is 8. The van der Waals surface area contributed by atoms with E-state index in [0.717, 1.165) is 54.5 Å². The van der Waals surface area contributed by atoms with Crippen molar-refractivity contribution < 1.29 is 4.43 Å². The Kier molecular flexibility index (Phi) is 7.51. The van der Waals surface area contributed by atoms with Gasteiger partial charge in [0.1, 0.15) is 6.07 Å². The predicted molar refractivity (Wildman–Crippen MR) is 167 cm³/mol. The van der Waals surface area contributed by atoms with Crippen molar-refractivity contribution in [1.82, 2.24) is 24.6 Å². The Balaban J connectivity index is 1.47. The maximum atomic E-state index is 10.1. The summed E-state index contributed by atoms with van der Waals surface area (Å²) >= 11 is 0. The summed E-state index contributed by atoms with van der Waals surface area (Å²) in [7, 11) is 0.208. The van der Waals surface area contributed by atoms with Crippen LogP contribution in [-0.4, -0.2) is 59.7 Å². The highest BCUT2D eigenvalue weighted by molar-refractivity contribution is 6.74. The molecule has 0 radical (unpaired) electrons. The van der Waals surface area contributed by atoms with Crippen LogP contribution in [0.1, 0.15) is 69.8 Å². The van der Waals surface area contributed by atoms with Crippen LogP contribution in [0, 0.1) is 11.3 Å². The van der Waals surface area contributed by atoms with Crippen molar-refractivity contribution in [3.8, 4) is 17.3 Å². The van der Waals surface area contributed by atoms with Crippen LogP contribution < -0.4 is 10.6 Å². The number of nitrogens with zero attached hydrogens (tertiary/aromatic N) is 6. The first-order valence-electron chi connectivity index (χ1n) is 14.6. The summed E-state index contributed by atoms with van der Waals surface area (Å²) in [5.41, 5.74) is 6.48. The van der Waals surface area contributed by atoms with Gasteiger partial charge < -0.3 is 15.1 Å². The molecule has 0 unspecified atom stereocenters. The molecule has 2 aliphatic rings. The molecule has 1 atom stereocenters. The fourth-order valence-electron chi connectivity index (χ4n) is 5.46. The van der Waals surface area contributed by atoms with E-state index in [1.165, 1.54) is 11.3 Å². The average Bonchev–Trinajstić information content (AvgIpc) is 3.43. The molecule has 0 amide bonds. The second-order valence-corrected chi connectivity index (χ2v) is 18.5. The molecule has 0 saturated carbocycles. The van der Waals surface area contributed by atoms with Gasteiger partial charge in [0, 0.05) is 49.0 Å². The van der Waals surface area contributed by atoms with Crippen LogP contribution in [-0.2, 0) is 22.9 Å². The number of nitriles is 1. The second kappa shape index (κ2) is 10.5. The van der Waals surface area contributed by atoms with E-state index < -0.39 is 8.32 Å². The Morgan fingerprint density at radius 1 is 1.24 bits per heavy atom. The van der Waals surface area contributed by atoms with Crippen molar-refractivity contribution in [3.05, 3.63) is 46.8 Å². The third kappa shape index (κ3) is 5.50. The third-order valence-corrected chi connectivity index (χ3v) is 13.6. The number of benzene rings is 1. The first-order chi connectivity index (χ1) is 19.2. The molecular formula is C31H44N8OSi. The summed E-state index contributed by atoms with van der Waals surface area (Å²) in [5.74, 6) is 1.62. The van der Waals surface area contributed by atoms with Gasteiger partial charge in [0.25, 0.3) is 0 Å². The molecule has 2 aliphatic heterocycles. The fourth-order valence-corrected chi connectivity index (χ4v) is 6.57. The minimum Gasteiger partial charge on any atom is -0.416 e. The van der Waals surface area contributed by atoms with Crippen molar-refractivity contribution >= 4 is 25.8 Å². The molecule has 10 heteroatoms. The maximum absolute atomic E-state index is 10.1. The van der Waals surface area contributed by atoms with E-state index in [-0.39, 0.29) is 10.5 Å². The van der Waals surface area contributed by atoms with Crippen molar-refractivity contribution in [2.24, 2.45) is 0 Å². The summed E-state index contributed by atoms with van der Waals surface area (Å²) < 4.78 is 8.79. The summed E-state index contributed by atoms with van der Waals surface area (Å²) in [5, 5.41) is 22.0. The lowest BCUT2D eigenvalue weighted by molar-refractivity contribution is 0.220. The minimum absolute atomic E-state index is 0.127. The normalized spacial score (nSPS) is 19.0. The van der Waals surface area contributed by atoms with Crippen molar-refractivity contribution in [1.29, 1.82) is 5.26 Å². The van der Waals surface area contributed by atoms with Gasteiger partial charge in [0.05, 0.1) is 29.2 Å². The zero-order valence-corrected chi connectivity index (χ0v) is 27.0. The van der Waals surface area contributed by atoms with Crippen LogP contribution >= 0.6 is 0 Å². The third-order valence-electron chi connectivity index (χ3n) is 9.09. The van der Waals surface area contributed by atoms with Crippen LogP contribution in [0.25, 0.3) is 11.3 Å². The smallest absolute Gasteiger partial charge is 0.228 e. The Morgan fingerprint density at radius 3 is 2.68 bits per heavy atom. The van der Waals surface area contributed by atoms with Gasteiger partial charge in [-0.3, -0.25) is 9.58 Å². The fraction of sp³-hybridized carbons (Fsp3) is 0.548. The largest absolute Gasteiger partial charge is 0.416 e. The molecule has 2 aromatic heterocycles. The number of likely N-dealkylation sites (N-methyl/N-ethyl adjacent to an activating group) is 1. The quantitative estimate of drug-likeness (QED) is 0.321. The van der Waals surface area contributed by atoms with Crippen LogP contribution in [0.5, 0.6) is 0 Å². The predicted octanol–water partition coefficient (Wildman–Crippen LogP) is 6.23. The SMILES string of the molecule is CC(C)c1c(Nc2nccc(-c3cc(C#N)c4c(c3)[C@@](C)(CO[Si](C)(C)C(C)(C)C)CN4)n2)nn2c1CN(C)CC2. The van der Waals surface area contributed by atoms with E-state index in [1.54, 1.807) is 6.20 Å². The van der Waals surface area contributed by atoms with Gasteiger partial charge in [-0.15, -0.1) is 0 Å². The van der Waals surface area contributed by atoms with E-state index >= 15 is 0 Å². The highest BCUT2D eigenvalue weighted by atomic mass is 28.4. The van der Waals surface area contributed by atoms with E-state index in [0.29, 0.717) is 24.0 Å².